The van der Waals surface area contributed by atoms with Gasteiger partial charge in [-0.1, -0.05) is 53.7 Å². The van der Waals surface area contributed by atoms with Crippen LogP contribution in [0.4, 0.5) is 0 Å². The van der Waals surface area contributed by atoms with Crippen LogP contribution in [-0.2, 0) is 10.8 Å². The molecule has 19 heavy (non-hydrogen) atoms. The molecule has 0 atom stereocenters. The van der Waals surface area contributed by atoms with E-state index in [4.69, 9.17) is 0 Å². The summed E-state index contributed by atoms with van der Waals surface area (Å²) in [7, 11) is 0. The van der Waals surface area contributed by atoms with Gasteiger partial charge in [0.15, 0.2) is 0 Å². The predicted molar refractivity (Wildman–Crippen MR) is 79.8 cm³/mol. The number of nitrogens with zero attached hydrogens (tertiary/aromatic N) is 1. The molecule has 102 valence electrons. The number of para-hydroxylation sites is 1. The number of hydrogen-bond donors (Lipinski definition) is 1. The lowest BCUT2D eigenvalue weighted by molar-refractivity contribution is 0.554. The summed E-state index contributed by atoms with van der Waals surface area (Å²) in [5.41, 5.74) is 2.33. The van der Waals surface area contributed by atoms with Crippen LogP contribution in [0, 0.1) is 0 Å². The number of rotatable bonds is 0. The fraction of sp³-hybridized carbons (Fsp3) is 0.500. The summed E-state index contributed by atoms with van der Waals surface area (Å²) in [5, 5.41) is 8.14. The Balaban J connectivity index is 2.85. The minimum Gasteiger partial charge on any atom is -0.287 e. The maximum absolute atomic E-state index is 12.6. The molecule has 0 saturated carbocycles. The first-order valence-corrected chi connectivity index (χ1v) is 6.65. The molecule has 1 aromatic carbocycles. The van der Waals surface area contributed by atoms with Crippen LogP contribution in [0.2, 0.25) is 0 Å². The molecule has 2 aromatic rings. The fourth-order valence-corrected chi connectivity index (χ4v) is 2.29. The number of aromatic amines is 1. The molecule has 0 aliphatic carbocycles. The molecular weight excluding hydrogens is 236 g/mol. The SMILES string of the molecule is CC(C)(C)c1n[nH]c2c(C(C)(C)C)cccc2c1=O. The van der Waals surface area contributed by atoms with Gasteiger partial charge in [0.25, 0.3) is 0 Å². The van der Waals surface area contributed by atoms with Gasteiger partial charge in [0, 0.05) is 10.8 Å². The molecule has 0 bridgehead atoms. The van der Waals surface area contributed by atoms with Crippen molar-refractivity contribution >= 4 is 10.9 Å². The van der Waals surface area contributed by atoms with E-state index < -0.39 is 0 Å². The van der Waals surface area contributed by atoms with E-state index in [1.807, 2.05) is 32.9 Å². The van der Waals surface area contributed by atoms with Gasteiger partial charge in [-0.05, 0) is 17.0 Å². The molecule has 0 unspecified atom stereocenters. The molecular formula is C16H22N2O. The molecule has 0 aliphatic heterocycles. The molecule has 0 amide bonds. The van der Waals surface area contributed by atoms with Crippen LogP contribution in [0.1, 0.15) is 52.8 Å². The summed E-state index contributed by atoms with van der Waals surface area (Å²) in [6.07, 6.45) is 0. The number of benzene rings is 1. The van der Waals surface area contributed by atoms with Crippen LogP contribution < -0.4 is 5.43 Å². The smallest absolute Gasteiger partial charge is 0.211 e. The van der Waals surface area contributed by atoms with E-state index >= 15 is 0 Å². The Morgan fingerprint density at radius 3 is 2.16 bits per heavy atom. The summed E-state index contributed by atoms with van der Waals surface area (Å²) < 4.78 is 0. The largest absolute Gasteiger partial charge is 0.287 e. The van der Waals surface area contributed by atoms with Crippen molar-refractivity contribution in [2.75, 3.05) is 0 Å². The van der Waals surface area contributed by atoms with Gasteiger partial charge < -0.3 is 0 Å². The van der Waals surface area contributed by atoms with Crippen molar-refractivity contribution in [1.82, 2.24) is 10.2 Å². The van der Waals surface area contributed by atoms with E-state index in [1.54, 1.807) is 0 Å². The summed E-state index contributed by atoms with van der Waals surface area (Å²) in [5.74, 6) is 0. The van der Waals surface area contributed by atoms with Gasteiger partial charge >= 0.3 is 0 Å². The first kappa shape index (κ1) is 13.8. The second kappa shape index (κ2) is 4.19. The number of fused-ring (bicyclic) bond motifs is 1. The predicted octanol–water partition coefficient (Wildman–Crippen LogP) is 3.52. The number of nitrogens with one attached hydrogen (secondary N) is 1. The highest BCUT2D eigenvalue weighted by Crippen LogP contribution is 2.28. The molecule has 1 aromatic heterocycles. The molecule has 0 radical (unpaired) electrons. The zero-order chi connectivity index (χ0) is 14.4. The minimum absolute atomic E-state index is 0.0205. The van der Waals surface area contributed by atoms with Crippen LogP contribution in [0.5, 0.6) is 0 Å². The third-order valence-electron chi connectivity index (χ3n) is 3.32. The summed E-state index contributed by atoms with van der Waals surface area (Å²) in [6.45, 7) is 12.4. The second-order valence-corrected chi connectivity index (χ2v) is 7.13. The molecule has 2 rings (SSSR count). The van der Waals surface area contributed by atoms with Crippen LogP contribution in [-0.4, -0.2) is 10.2 Å². The Morgan fingerprint density at radius 2 is 1.63 bits per heavy atom. The van der Waals surface area contributed by atoms with Crippen LogP contribution >= 0.6 is 0 Å². The van der Waals surface area contributed by atoms with Gasteiger partial charge in [-0.3, -0.25) is 9.89 Å². The van der Waals surface area contributed by atoms with Crippen LogP contribution in [0.25, 0.3) is 10.9 Å². The Labute approximate surface area is 114 Å². The Bertz CT molecular complexity index is 670. The van der Waals surface area contributed by atoms with Gasteiger partial charge in [0.05, 0.1) is 5.52 Å². The molecule has 3 nitrogen and oxygen atoms in total. The summed E-state index contributed by atoms with van der Waals surface area (Å²) >= 11 is 0. The quantitative estimate of drug-likeness (QED) is 0.786. The van der Waals surface area contributed by atoms with E-state index in [0.717, 1.165) is 16.5 Å². The molecule has 0 fully saturated rings. The first-order valence-electron chi connectivity index (χ1n) is 6.65. The second-order valence-electron chi connectivity index (χ2n) is 7.13. The fourth-order valence-electron chi connectivity index (χ4n) is 2.29. The summed E-state index contributed by atoms with van der Waals surface area (Å²) in [4.78, 5) is 12.6. The number of aromatic nitrogens is 2. The van der Waals surface area contributed by atoms with Crippen molar-refractivity contribution < 1.29 is 0 Å². The lowest BCUT2D eigenvalue weighted by Gasteiger charge is -2.22. The Hall–Kier alpha value is -1.64. The van der Waals surface area contributed by atoms with Gasteiger partial charge in [0.1, 0.15) is 5.69 Å². The average Bonchev–Trinajstić information content (AvgIpc) is 2.26. The number of hydrogen-bond acceptors (Lipinski definition) is 2. The standard InChI is InChI=1S/C16H22N2O/c1-15(2,3)11-9-7-8-10-12(11)17-18-14(13(10)19)16(4,5)6/h7-9H,1-6H3,(H,17,19). The topological polar surface area (TPSA) is 45.8 Å². The Kier molecular flexibility index (Phi) is 3.04. The summed E-state index contributed by atoms with van der Waals surface area (Å²) in [6, 6.07) is 5.88. The molecule has 1 N–H and O–H groups in total. The average molecular weight is 258 g/mol. The van der Waals surface area contributed by atoms with Gasteiger partial charge in [-0.15, -0.1) is 0 Å². The zero-order valence-electron chi connectivity index (χ0n) is 12.6. The van der Waals surface area contributed by atoms with Gasteiger partial charge in [-0.2, -0.15) is 5.10 Å². The van der Waals surface area contributed by atoms with E-state index in [2.05, 4.69) is 37.0 Å². The highest BCUT2D eigenvalue weighted by atomic mass is 16.1. The van der Waals surface area contributed by atoms with Crippen molar-refractivity contribution in [2.24, 2.45) is 0 Å². The molecule has 0 aliphatic rings. The molecule has 0 saturated heterocycles. The van der Waals surface area contributed by atoms with E-state index in [9.17, 15) is 4.79 Å². The molecule has 1 heterocycles. The maximum atomic E-state index is 12.6. The van der Waals surface area contributed by atoms with E-state index in [-0.39, 0.29) is 16.3 Å². The normalized spacial score (nSPS) is 12.9. The van der Waals surface area contributed by atoms with Gasteiger partial charge in [-0.25, -0.2) is 0 Å². The van der Waals surface area contributed by atoms with Crippen molar-refractivity contribution in [3.63, 3.8) is 0 Å². The monoisotopic (exact) mass is 258 g/mol. The van der Waals surface area contributed by atoms with Crippen molar-refractivity contribution in [3.05, 3.63) is 39.7 Å². The lowest BCUT2D eigenvalue weighted by atomic mass is 9.85. The first-order chi connectivity index (χ1) is 8.62. The van der Waals surface area contributed by atoms with Crippen molar-refractivity contribution in [1.29, 1.82) is 0 Å². The minimum atomic E-state index is -0.250. The van der Waals surface area contributed by atoms with Crippen molar-refractivity contribution in [2.45, 2.75) is 52.4 Å². The van der Waals surface area contributed by atoms with Crippen LogP contribution in [0.3, 0.4) is 0 Å². The third-order valence-corrected chi connectivity index (χ3v) is 3.32. The van der Waals surface area contributed by atoms with E-state index in [0.29, 0.717) is 5.69 Å². The highest BCUT2D eigenvalue weighted by molar-refractivity contribution is 5.82. The molecule has 0 spiro atoms. The van der Waals surface area contributed by atoms with E-state index in [1.165, 1.54) is 0 Å². The van der Waals surface area contributed by atoms with Gasteiger partial charge in [0.2, 0.25) is 5.43 Å². The molecule has 3 heteroatoms. The zero-order valence-corrected chi connectivity index (χ0v) is 12.6. The maximum Gasteiger partial charge on any atom is 0.211 e. The third kappa shape index (κ3) is 2.42. The lowest BCUT2D eigenvalue weighted by Crippen LogP contribution is -2.26. The number of H-pyrrole nitrogens is 1. The Morgan fingerprint density at radius 1 is 1.00 bits per heavy atom. The van der Waals surface area contributed by atoms with Crippen LogP contribution in [0.15, 0.2) is 23.0 Å². The highest BCUT2D eigenvalue weighted by Gasteiger charge is 2.23. The van der Waals surface area contributed by atoms with Crippen molar-refractivity contribution in [3.8, 4) is 0 Å².